The number of anilines is 2. The molecule has 1 aliphatic rings. The van der Waals surface area contributed by atoms with Gasteiger partial charge in [0.05, 0.1) is 18.7 Å². The Balaban J connectivity index is 1.96. The molecule has 30 heavy (non-hydrogen) atoms. The summed E-state index contributed by atoms with van der Waals surface area (Å²) < 4.78 is 39.5. The van der Waals surface area contributed by atoms with Crippen molar-refractivity contribution in [2.24, 2.45) is 0 Å². The van der Waals surface area contributed by atoms with Crippen LogP contribution < -0.4 is 10.2 Å². The van der Waals surface area contributed by atoms with E-state index in [-0.39, 0.29) is 24.4 Å². The zero-order chi connectivity index (χ0) is 22.1. The highest BCUT2D eigenvalue weighted by atomic mass is 19.4. The van der Waals surface area contributed by atoms with Crippen LogP contribution in [0.1, 0.15) is 5.56 Å². The van der Waals surface area contributed by atoms with Gasteiger partial charge in [-0.05, 0) is 23.8 Å². The summed E-state index contributed by atoms with van der Waals surface area (Å²) in [7, 11) is 3.34. The van der Waals surface area contributed by atoms with Crippen molar-refractivity contribution < 1.29 is 27.9 Å². The van der Waals surface area contributed by atoms with Gasteiger partial charge >= 0.3 is 6.18 Å². The number of benzene rings is 1. The van der Waals surface area contributed by atoms with E-state index in [0.717, 1.165) is 23.2 Å². The molecule has 7 nitrogen and oxygen atoms in total. The molecule has 0 saturated carbocycles. The van der Waals surface area contributed by atoms with Crippen molar-refractivity contribution in [1.29, 1.82) is 0 Å². The van der Waals surface area contributed by atoms with Crippen LogP contribution in [0.5, 0.6) is 0 Å². The standard InChI is InChI=1S/C20H19F3N4O3/c1-26(2)18-15(9-13(11-24-18)20(21,22)23)12-4-3-5-14(8-12)25-16-10-17(29)27(6-7-28)19(16)30/h3-5,8-11,25,28H,6-7H2,1-2H3. The smallest absolute Gasteiger partial charge is 0.395 e. The molecule has 1 aromatic carbocycles. The van der Waals surface area contributed by atoms with E-state index < -0.39 is 23.6 Å². The Labute approximate surface area is 170 Å². The Hall–Kier alpha value is -3.40. The molecule has 2 N–H and O–H groups in total. The summed E-state index contributed by atoms with van der Waals surface area (Å²) in [6, 6.07) is 7.45. The van der Waals surface area contributed by atoms with Gasteiger partial charge in [0.1, 0.15) is 11.5 Å². The number of carbonyl (C=O) groups excluding carboxylic acids is 2. The summed E-state index contributed by atoms with van der Waals surface area (Å²) >= 11 is 0. The fourth-order valence-corrected chi connectivity index (χ4v) is 3.01. The van der Waals surface area contributed by atoms with Gasteiger partial charge in [-0.1, -0.05) is 12.1 Å². The minimum absolute atomic E-state index is 0.0144. The van der Waals surface area contributed by atoms with Crippen molar-refractivity contribution in [3.05, 3.63) is 53.9 Å². The molecule has 0 spiro atoms. The number of nitrogens with one attached hydrogen (secondary N) is 1. The highest BCUT2D eigenvalue weighted by molar-refractivity contribution is 6.17. The third-order valence-corrected chi connectivity index (χ3v) is 4.40. The normalized spacial score (nSPS) is 14.2. The molecule has 0 aliphatic carbocycles. The van der Waals surface area contributed by atoms with Crippen LogP contribution in [0.4, 0.5) is 24.7 Å². The van der Waals surface area contributed by atoms with Gasteiger partial charge in [0.2, 0.25) is 0 Å². The highest BCUT2D eigenvalue weighted by Gasteiger charge is 2.32. The van der Waals surface area contributed by atoms with Crippen molar-refractivity contribution in [2.45, 2.75) is 6.18 Å². The molecule has 2 amide bonds. The molecule has 2 heterocycles. The van der Waals surface area contributed by atoms with Crippen LogP contribution in [-0.4, -0.2) is 54.1 Å². The largest absolute Gasteiger partial charge is 0.417 e. The summed E-state index contributed by atoms with van der Waals surface area (Å²) in [5.74, 6) is -0.792. The van der Waals surface area contributed by atoms with Crippen LogP contribution in [0.15, 0.2) is 48.3 Å². The Bertz CT molecular complexity index is 1020. The minimum Gasteiger partial charge on any atom is -0.395 e. The molecule has 0 atom stereocenters. The molecule has 10 heteroatoms. The van der Waals surface area contributed by atoms with Crippen molar-refractivity contribution in [2.75, 3.05) is 37.5 Å². The van der Waals surface area contributed by atoms with Gasteiger partial charge in [0.15, 0.2) is 0 Å². The lowest BCUT2D eigenvalue weighted by molar-refractivity contribution is -0.138. The Morgan fingerprint density at radius 1 is 1.20 bits per heavy atom. The molecule has 1 aliphatic heterocycles. The number of aliphatic hydroxyl groups excluding tert-OH is 1. The van der Waals surface area contributed by atoms with E-state index in [1.807, 2.05) is 0 Å². The van der Waals surface area contributed by atoms with Crippen LogP contribution in [0, 0.1) is 0 Å². The van der Waals surface area contributed by atoms with Crippen molar-refractivity contribution in [3.63, 3.8) is 0 Å². The lowest BCUT2D eigenvalue weighted by Crippen LogP contribution is -2.34. The number of halogens is 3. The fraction of sp³-hybridized carbons (Fsp3) is 0.250. The lowest BCUT2D eigenvalue weighted by atomic mass is 10.0. The maximum atomic E-state index is 13.2. The summed E-state index contributed by atoms with van der Waals surface area (Å²) in [6.07, 6.45) is -2.65. The first-order valence-corrected chi connectivity index (χ1v) is 8.92. The van der Waals surface area contributed by atoms with E-state index in [9.17, 15) is 22.8 Å². The van der Waals surface area contributed by atoms with Gasteiger partial charge in [-0.2, -0.15) is 13.2 Å². The third-order valence-electron chi connectivity index (χ3n) is 4.40. The van der Waals surface area contributed by atoms with E-state index in [4.69, 9.17) is 5.11 Å². The monoisotopic (exact) mass is 420 g/mol. The van der Waals surface area contributed by atoms with Crippen LogP contribution >= 0.6 is 0 Å². The predicted molar refractivity (Wildman–Crippen MR) is 105 cm³/mol. The topological polar surface area (TPSA) is 85.8 Å². The summed E-state index contributed by atoms with van der Waals surface area (Å²) in [4.78, 5) is 30.6. The Morgan fingerprint density at radius 2 is 1.93 bits per heavy atom. The van der Waals surface area contributed by atoms with Crippen LogP contribution in [0.25, 0.3) is 11.1 Å². The number of aromatic nitrogens is 1. The lowest BCUT2D eigenvalue weighted by Gasteiger charge is -2.19. The average Bonchev–Trinajstić information content (AvgIpc) is 2.94. The van der Waals surface area contributed by atoms with Gasteiger partial charge in [-0.25, -0.2) is 4.98 Å². The first-order valence-electron chi connectivity index (χ1n) is 8.92. The van der Waals surface area contributed by atoms with Gasteiger partial charge in [-0.3, -0.25) is 14.5 Å². The number of pyridine rings is 1. The number of hydrogen-bond donors (Lipinski definition) is 2. The first kappa shape index (κ1) is 21.3. The fourth-order valence-electron chi connectivity index (χ4n) is 3.01. The number of imide groups is 1. The number of β-amino-alcohol motifs (C(OH)–C–C–N with tert-alkyl or cyclic N) is 1. The number of nitrogens with zero attached hydrogens (tertiary/aromatic N) is 3. The van der Waals surface area contributed by atoms with Crippen molar-refractivity contribution in [3.8, 4) is 11.1 Å². The first-order chi connectivity index (χ1) is 14.1. The molecule has 2 aromatic rings. The quantitative estimate of drug-likeness (QED) is 0.699. The van der Waals surface area contributed by atoms with Gasteiger partial charge < -0.3 is 15.3 Å². The zero-order valence-electron chi connectivity index (χ0n) is 16.2. The molecule has 0 unspecified atom stereocenters. The minimum atomic E-state index is -4.54. The molecular weight excluding hydrogens is 401 g/mol. The Kier molecular flexibility index (Phi) is 5.79. The van der Waals surface area contributed by atoms with E-state index in [1.165, 1.54) is 0 Å². The van der Waals surface area contributed by atoms with Gasteiger partial charge in [0, 0.05) is 37.6 Å². The van der Waals surface area contributed by atoms with E-state index in [1.54, 1.807) is 43.3 Å². The van der Waals surface area contributed by atoms with E-state index >= 15 is 0 Å². The number of aliphatic hydroxyl groups is 1. The average molecular weight is 420 g/mol. The second kappa shape index (κ2) is 8.15. The van der Waals surface area contributed by atoms with Crippen LogP contribution in [0.2, 0.25) is 0 Å². The molecule has 158 valence electrons. The maximum Gasteiger partial charge on any atom is 0.417 e. The predicted octanol–water partition coefficient (Wildman–Crippen LogP) is 2.49. The van der Waals surface area contributed by atoms with Crippen molar-refractivity contribution in [1.82, 2.24) is 9.88 Å². The number of carbonyl (C=O) groups is 2. The zero-order valence-corrected chi connectivity index (χ0v) is 16.2. The molecule has 0 bridgehead atoms. The summed E-state index contributed by atoms with van der Waals surface area (Å²) in [5.41, 5.74) is 0.268. The summed E-state index contributed by atoms with van der Waals surface area (Å²) in [6.45, 7) is -0.481. The molecular formula is C20H19F3N4O3. The SMILES string of the molecule is CN(C)c1ncc(C(F)(F)F)cc1-c1cccc(NC2=CC(=O)N(CCO)C2=O)c1. The molecule has 0 saturated heterocycles. The van der Waals surface area contributed by atoms with E-state index in [0.29, 0.717) is 17.1 Å². The van der Waals surface area contributed by atoms with Gasteiger partial charge in [0.25, 0.3) is 11.8 Å². The second-order valence-electron chi connectivity index (χ2n) is 6.77. The van der Waals surface area contributed by atoms with E-state index in [2.05, 4.69) is 10.3 Å². The van der Waals surface area contributed by atoms with Crippen molar-refractivity contribution >= 4 is 23.3 Å². The van der Waals surface area contributed by atoms with Crippen LogP contribution in [0.3, 0.4) is 0 Å². The molecule has 3 rings (SSSR count). The number of alkyl halides is 3. The van der Waals surface area contributed by atoms with Crippen LogP contribution in [-0.2, 0) is 15.8 Å². The number of rotatable bonds is 6. The molecule has 1 aromatic heterocycles. The Morgan fingerprint density at radius 3 is 2.57 bits per heavy atom. The molecule has 0 fully saturated rings. The van der Waals surface area contributed by atoms with Gasteiger partial charge in [-0.15, -0.1) is 0 Å². The number of hydrogen-bond acceptors (Lipinski definition) is 6. The second-order valence-corrected chi connectivity index (χ2v) is 6.77. The maximum absolute atomic E-state index is 13.2. The molecule has 0 radical (unpaired) electrons. The summed E-state index contributed by atoms with van der Waals surface area (Å²) in [5, 5.41) is 11.8. The third kappa shape index (κ3) is 4.28. The number of amides is 2. The highest BCUT2D eigenvalue weighted by Crippen LogP contribution is 2.36.